The van der Waals surface area contributed by atoms with Gasteiger partial charge in [0.25, 0.3) is 0 Å². The molecule has 1 saturated heterocycles. The molecule has 1 heterocycles. The van der Waals surface area contributed by atoms with Crippen LogP contribution in [0.1, 0.15) is 11.1 Å². The Bertz CT molecular complexity index is 1200. The number of alkyl halides is 3. The van der Waals surface area contributed by atoms with Gasteiger partial charge in [0.15, 0.2) is 0 Å². The number of anilines is 1. The van der Waals surface area contributed by atoms with Gasteiger partial charge in [-0.05, 0) is 42.0 Å². The van der Waals surface area contributed by atoms with Crippen molar-refractivity contribution in [1.29, 1.82) is 0 Å². The molecule has 1 aliphatic heterocycles. The lowest BCUT2D eigenvalue weighted by molar-refractivity contribution is -0.138. The Morgan fingerprint density at radius 1 is 1.03 bits per heavy atom. The van der Waals surface area contributed by atoms with Gasteiger partial charge in [0, 0.05) is 46.0 Å². The average molecular weight is 600 g/mol. The third kappa shape index (κ3) is 7.73. The smallest absolute Gasteiger partial charge is 0.378 e. The number of amides is 2. The number of rotatable bonds is 7. The van der Waals surface area contributed by atoms with E-state index in [0.717, 1.165) is 27.7 Å². The Morgan fingerprint density at radius 2 is 1.61 bits per heavy atom. The molecule has 0 radical (unpaired) electrons. The van der Waals surface area contributed by atoms with E-state index in [1.165, 1.54) is 4.90 Å². The highest BCUT2D eigenvalue weighted by molar-refractivity contribution is 7.89. The number of piperazine rings is 1. The molecule has 0 spiro atoms. The first-order valence-corrected chi connectivity index (χ1v) is 12.5. The second-order valence-corrected chi connectivity index (χ2v) is 10.4. The summed E-state index contributed by atoms with van der Waals surface area (Å²) in [5.41, 5.74) is 6.18. The van der Waals surface area contributed by atoms with Crippen LogP contribution in [0.15, 0.2) is 53.4 Å². The molecule has 0 unspecified atom stereocenters. The zero-order chi connectivity index (χ0) is 26.7. The Balaban J connectivity index is 0.00000361. The predicted octanol–water partition coefficient (Wildman–Crippen LogP) is 2.09. The molecule has 1 atom stereocenters. The molecular formula is C23H30Cl2F3N5O4S. The molecule has 9 nitrogen and oxygen atoms in total. The highest BCUT2D eigenvalue weighted by atomic mass is 35.5. The summed E-state index contributed by atoms with van der Waals surface area (Å²) < 4.78 is 66.3. The number of sulfonamides is 1. The summed E-state index contributed by atoms with van der Waals surface area (Å²) in [7, 11) is -0.564. The monoisotopic (exact) mass is 599 g/mol. The Kier molecular flexibility index (Phi) is 11.9. The molecule has 0 saturated carbocycles. The summed E-state index contributed by atoms with van der Waals surface area (Å²) in [6.45, 7) is -0.655. The Labute approximate surface area is 232 Å². The van der Waals surface area contributed by atoms with Gasteiger partial charge in [-0.25, -0.2) is 8.42 Å². The topological polar surface area (TPSA) is 116 Å². The van der Waals surface area contributed by atoms with Gasteiger partial charge in [0.1, 0.15) is 6.04 Å². The maximum Gasteiger partial charge on any atom is 0.416 e. The van der Waals surface area contributed by atoms with E-state index in [9.17, 15) is 31.2 Å². The fraction of sp³-hybridized carbons (Fsp3) is 0.391. The van der Waals surface area contributed by atoms with Gasteiger partial charge in [0.2, 0.25) is 21.8 Å². The van der Waals surface area contributed by atoms with Crippen LogP contribution in [0.2, 0.25) is 0 Å². The molecule has 1 aliphatic rings. The quantitative estimate of drug-likeness (QED) is 0.503. The second kappa shape index (κ2) is 13.5. The number of hydrogen-bond donors (Lipinski definition) is 2. The van der Waals surface area contributed by atoms with E-state index in [4.69, 9.17) is 5.73 Å². The van der Waals surface area contributed by atoms with E-state index in [0.29, 0.717) is 12.1 Å². The van der Waals surface area contributed by atoms with Crippen molar-refractivity contribution in [3.8, 4) is 0 Å². The molecule has 0 aliphatic carbocycles. The molecule has 15 heteroatoms. The van der Waals surface area contributed by atoms with E-state index < -0.39 is 39.6 Å². The first-order chi connectivity index (χ1) is 16.8. The normalized spacial score (nSPS) is 16.2. The van der Waals surface area contributed by atoms with E-state index in [2.05, 4.69) is 5.32 Å². The lowest BCUT2D eigenvalue weighted by atomic mass is 10.1. The standard InChI is InChI=1S/C23H28F3N5O4S.2ClH/c1-29(2)18-7-3-16(4-8-18)14-28-22(33)20-15-30(21(32)13-27)11-12-31(20)36(34,35)19-9-5-17(6-10-19)23(24,25)26;;/h3-10,20H,11-15,27H2,1-2H3,(H,28,33);2*1H/t20-;;/m1../s1. The largest absolute Gasteiger partial charge is 0.416 e. The number of nitrogens with one attached hydrogen (secondary N) is 1. The van der Waals surface area contributed by atoms with Crippen LogP contribution in [-0.2, 0) is 32.3 Å². The van der Waals surface area contributed by atoms with Gasteiger partial charge in [-0.1, -0.05) is 12.1 Å². The summed E-state index contributed by atoms with van der Waals surface area (Å²) in [5, 5.41) is 2.70. The zero-order valence-corrected chi connectivity index (χ0v) is 23.1. The highest BCUT2D eigenvalue weighted by Crippen LogP contribution is 2.31. The zero-order valence-electron chi connectivity index (χ0n) is 20.6. The van der Waals surface area contributed by atoms with Gasteiger partial charge in [-0.15, -0.1) is 24.8 Å². The van der Waals surface area contributed by atoms with Crippen molar-refractivity contribution in [1.82, 2.24) is 14.5 Å². The molecule has 212 valence electrons. The van der Waals surface area contributed by atoms with Crippen LogP contribution in [-0.4, -0.2) is 75.8 Å². The summed E-state index contributed by atoms with van der Waals surface area (Å²) in [5.74, 6) is -1.09. The minimum Gasteiger partial charge on any atom is -0.378 e. The predicted molar refractivity (Wildman–Crippen MR) is 142 cm³/mol. The van der Waals surface area contributed by atoms with Crippen molar-refractivity contribution in [3.05, 3.63) is 59.7 Å². The van der Waals surface area contributed by atoms with Crippen molar-refractivity contribution in [2.75, 3.05) is 45.2 Å². The first kappa shape index (κ1) is 33.4. The molecule has 3 N–H and O–H groups in total. The summed E-state index contributed by atoms with van der Waals surface area (Å²) in [6.07, 6.45) is -4.62. The maximum atomic E-state index is 13.3. The van der Waals surface area contributed by atoms with Crippen LogP contribution < -0.4 is 16.0 Å². The van der Waals surface area contributed by atoms with Crippen LogP contribution in [0.5, 0.6) is 0 Å². The third-order valence-electron chi connectivity index (χ3n) is 5.87. The van der Waals surface area contributed by atoms with Gasteiger partial charge in [-0.3, -0.25) is 9.59 Å². The van der Waals surface area contributed by atoms with Gasteiger partial charge in [-0.2, -0.15) is 17.5 Å². The second-order valence-electron chi connectivity index (χ2n) is 8.48. The number of halogens is 5. The Hall–Kier alpha value is -2.58. The fourth-order valence-corrected chi connectivity index (χ4v) is 5.36. The van der Waals surface area contributed by atoms with Crippen molar-refractivity contribution in [2.24, 2.45) is 5.73 Å². The summed E-state index contributed by atoms with van der Waals surface area (Å²) in [4.78, 5) is 28.1. The third-order valence-corrected chi connectivity index (χ3v) is 7.79. The molecule has 2 aromatic rings. The van der Waals surface area contributed by atoms with E-state index in [1.807, 2.05) is 43.3 Å². The van der Waals surface area contributed by atoms with Crippen molar-refractivity contribution >= 4 is 52.3 Å². The molecule has 38 heavy (non-hydrogen) atoms. The van der Waals surface area contributed by atoms with Crippen LogP contribution >= 0.6 is 24.8 Å². The van der Waals surface area contributed by atoms with Crippen molar-refractivity contribution in [3.63, 3.8) is 0 Å². The minimum absolute atomic E-state index is 0. The molecule has 3 rings (SSSR count). The van der Waals surface area contributed by atoms with Crippen LogP contribution in [0.25, 0.3) is 0 Å². The lowest BCUT2D eigenvalue weighted by Crippen LogP contribution is -2.61. The van der Waals surface area contributed by atoms with Gasteiger partial charge < -0.3 is 20.9 Å². The number of carbonyl (C=O) groups is 2. The van der Waals surface area contributed by atoms with E-state index in [1.54, 1.807) is 0 Å². The number of benzene rings is 2. The number of nitrogens with zero attached hydrogens (tertiary/aromatic N) is 3. The van der Waals surface area contributed by atoms with Crippen LogP contribution in [0.4, 0.5) is 18.9 Å². The van der Waals surface area contributed by atoms with E-state index >= 15 is 0 Å². The summed E-state index contributed by atoms with van der Waals surface area (Å²) >= 11 is 0. The molecule has 2 aromatic carbocycles. The van der Waals surface area contributed by atoms with E-state index in [-0.39, 0.29) is 62.4 Å². The molecular weight excluding hydrogens is 570 g/mol. The number of hydrogen-bond acceptors (Lipinski definition) is 6. The molecule has 0 aromatic heterocycles. The number of carbonyl (C=O) groups excluding carboxylic acids is 2. The SMILES string of the molecule is CN(C)c1ccc(CNC(=O)[C@H]2CN(C(=O)CN)CCN2S(=O)(=O)c2ccc(C(F)(F)F)cc2)cc1.Cl.Cl. The maximum absolute atomic E-state index is 13.3. The average Bonchev–Trinajstić information content (AvgIpc) is 2.86. The number of nitrogens with two attached hydrogens (primary N) is 1. The van der Waals surface area contributed by atoms with Crippen molar-refractivity contribution < 1.29 is 31.2 Å². The fourth-order valence-electron chi connectivity index (χ4n) is 3.79. The van der Waals surface area contributed by atoms with Crippen molar-refractivity contribution in [2.45, 2.75) is 23.7 Å². The minimum atomic E-state index is -4.62. The van der Waals surface area contributed by atoms with Gasteiger partial charge in [0.05, 0.1) is 17.0 Å². The van der Waals surface area contributed by atoms with Crippen LogP contribution in [0, 0.1) is 0 Å². The van der Waals surface area contributed by atoms with Crippen LogP contribution in [0.3, 0.4) is 0 Å². The molecule has 1 fully saturated rings. The molecule has 0 bridgehead atoms. The summed E-state index contributed by atoms with van der Waals surface area (Å²) in [6, 6.07) is 9.14. The highest BCUT2D eigenvalue weighted by Gasteiger charge is 2.41. The lowest BCUT2D eigenvalue weighted by Gasteiger charge is -2.39. The Morgan fingerprint density at radius 3 is 2.11 bits per heavy atom. The van der Waals surface area contributed by atoms with Gasteiger partial charge >= 0.3 is 6.18 Å². The first-order valence-electron chi connectivity index (χ1n) is 11.1. The molecule has 2 amide bonds.